The molecule has 13 heavy (non-hydrogen) atoms. The van der Waals surface area contributed by atoms with E-state index >= 15 is 0 Å². The highest BCUT2D eigenvalue weighted by molar-refractivity contribution is 5.81. The molecule has 0 amide bonds. The lowest BCUT2D eigenvalue weighted by atomic mass is 10.0. The van der Waals surface area contributed by atoms with Crippen LogP contribution in [0.15, 0.2) is 30.5 Å². The lowest BCUT2D eigenvalue weighted by molar-refractivity contribution is 0.929. The van der Waals surface area contributed by atoms with Crippen molar-refractivity contribution in [2.24, 2.45) is 0 Å². The third-order valence-electron chi connectivity index (χ3n) is 2.18. The Labute approximate surface area is 78.4 Å². The van der Waals surface area contributed by atoms with Crippen molar-refractivity contribution in [3.63, 3.8) is 0 Å². The van der Waals surface area contributed by atoms with E-state index in [2.05, 4.69) is 30.1 Å². The van der Waals surface area contributed by atoms with E-state index in [9.17, 15) is 0 Å². The minimum Gasteiger partial charge on any atom is -0.256 e. The fraction of sp³-hybridized carbons (Fsp3) is 0.250. The maximum atomic E-state index is 4.27. The Balaban J connectivity index is 2.61. The molecular formula is C12H12N. The van der Waals surface area contributed by atoms with Gasteiger partial charge in [0.05, 0.1) is 5.52 Å². The minimum atomic E-state index is 0.980. The van der Waals surface area contributed by atoms with Crippen molar-refractivity contribution in [2.45, 2.75) is 19.8 Å². The molecule has 0 atom stereocenters. The van der Waals surface area contributed by atoms with E-state index in [1.165, 1.54) is 17.4 Å². The van der Waals surface area contributed by atoms with Gasteiger partial charge < -0.3 is 0 Å². The van der Waals surface area contributed by atoms with Crippen LogP contribution in [0, 0.1) is 6.07 Å². The molecule has 0 aliphatic heterocycles. The zero-order valence-corrected chi connectivity index (χ0v) is 7.75. The Morgan fingerprint density at radius 3 is 3.15 bits per heavy atom. The molecule has 0 bridgehead atoms. The molecule has 0 aliphatic carbocycles. The summed E-state index contributed by atoms with van der Waals surface area (Å²) in [6, 6.07) is 11.3. The zero-order chi connectivity index (χ0) is 9.10. The summed E-state index contributed by atoms with van der Waals surface area (Å²) in [5, 5.41) is 1.24. The Bertz CT molecular complexity index is 401. The first-order valence-corrected chi connectivity index (χ1v) is 4.66. The number of pyridine rings is 1. The van der Waals surface area contributed by atoms with Crippen LogP contribution in [0.25, 0.3) is 10.9 Å². The molecule has 2 aromatic rings. The van der Waals surface area contributed by atoms with Gasteiger partial charge in [0.2, 0.25) is 0 Å². The highest BCUT2D eigenvalue weighted by Crippen LogP contribution is 2.16. The maximum absolute atomic E-state index is 4.27. The van der Waals surface area contributed by atoms with Gasteiger partial charge >= 0.3 is 0 Å². The largest absolute Gasteiger partial charge is 0.256 e. The van der Waals surface area contributed by atoms with Crippen LogP contribution in [0.3, 0.4) is 0 Å². The number of nitrogens with zero attached hydrogens (tertiary/aromatic N) is 1. The van der Waals surface area contributed by atoms with Gasteiger partial charge in [-0.2, -0.15) is 0 Å². The third-order valence-corrected chi connectivity index (χ3v) is 2.18. The first-order chi connectivity index (χ1) is 6.42. The van der Waals surface area contributed by atoms with E-state index in [0.717, 1.165) is 11.9 Å². The molecule has 0 aliphatic rings. The summed E-state index contributed by atoms with van der Waals surface area (Å²) in [5.41, 5.74) is 2.36. The lowest BCUT2D eigenvalue weighted by Crippen LogP contribution is -1.86. The molecule has 1 heterocycles. The van der Waals surface area contributed by atoms with Crippen molar-refractivity contribution in [1.29, 1.82) is 0 Å². The molecule has 1 aromatic carbocycles. The Morgan fingerprint density at radius 1 is 1.38 bits per heavy atom. The second-order valence-corrected chi connectivity index (χ2v) is 3.15. The Hall–Kier alpha value is -1.37. The maximum Gasteiger partial charge on any atom is 0.0783 e. The van der Waals surface area contributed by atoms with Crippen molar-refractivity contribution >= 4 is 10.9 Å². The van der Waals surface area contributed by atoms with Crippen LogP contribution in [0.2, 0.25) is 0 Å². The van der Waals surface area contributed by atoms with Crippen LogP contribution >= 0.6 is 0 Å². The fourth-order valence-electron chi connectivity index (χ4n) is 1.58. The normalized spacial score (nSPS) is 10.5. The van der Waals surface area contributed by atoms with E-state index in [4.69, 9.17) is 0 Å². The third kappa shape index (κ3) is 1.55. The molecule has 2 rings (SSSR count). The van der Waals surface area contributed by atoms with Crippen LogP contribution in [0.5, 0.6) is 0 Å². The zero-order valence-electron chi connectivity index (χ0n) is 7.75. The number of rotatable bonds is 2. The number of hydrogen-bond acceptors (Lipinski definition) is 1. The molecule has 0 spiro atoms. The van der Waals surface area contributed by atoms with Crippen LogP contribution in [-0.2, 0) is 6.42 Å². The Morgan fingerprint density at radius 2 is 2.31 bits per heavy atom. The summed E-state index contributed by atoms with van der Waals surface area (Å²) in [6.45, 7) is 2.19. The van der Waals surface area contributed by atoms with Gasteiger partial charge in [-0.3, -0.25) is 4.98 Å². The SMILES string of the molecule is CCCc1cc[c]c2ncccc12. The monoisotopic (exact) mass is 170 g/mol. The van der Waals surface area contributed by atoms with E-state index in [1.807, 2.05) is 18.3 Å². The molecule has 1 radical (unpaired) electrons. The summed E-state index contributed by atoms with van der Waals surface area (Å²) < 4.78 is 0. The second-order valence-electron chi connectivity index (χ2n) is 3.15. The summed E-state index contributed by atoms with van der Waals surface area (Å²) in [7, 11) is 0. The van der Waals surface area contributed by atoms with Crippen molar-refractivity contribution in [3.8, 4) is 0 Å². The predicted octanol–water partition coefficient (Wildman–Crippen LogP) is 2.99. The molecule has 1 aromatic heterocycles. The van der Waals surface area contributed by atoms with Gasteiger partial charge in [-0.15, -0.1) is 0 Å². The smallest absolute Gasteiger partial charge is 0.0783 e. The molecule has 65 valence electrons. The van der Waals surface area contributed by atoms with Gasteiger partial charge in [0.25, 0.3) is 0 Å². The molecule has 0 saturated carbocycles. The average Bonchev–Trinajstić information content (AvgIpc) is 2.19. The van der Waals surface area contributed by atoms with E-state index in [-0.39, 0.29) is 0 Å². The quantitative estimate of drug-likeness (QED) is 0.675. The summed E-state index contributed by atoms with van der Waals surface area (Å²) >= 11 is 0. The average molecular weight is 170 g/mol. The molecule has 0 saturated heterocycles. The summed E-state index contributed by atoms with van der Waals surface area (Å²) in [4.78, 5) is 4.27. The first kappa shape index (κ1) is 8.24. The number of benzene rings is 1. The van der Waals surface area contributed by atoms with E-state index in [1.54, 1.807) is 0 Å². The highest BCUT2D eigenvalue weighted by Gasteiger charge is 1.98. The summed E-state index contributed by atoms with van der Waals surface area (Å²) in [5.74, 6) is 0. The van der Waals surface area contributed by atoms with Crippen molar-refractivity contribution in [3.05, 3.63) is 42.1 Å². The minimum absolute atomic E-state index is 0.980. The standard InChI is InChI=1S/C12H12N/c1-2-5-10-6-3-8-12-11(10)7-4-9-13-12/h3-4,6-7,9H,2,5H2,1H3. The number of fused-ring (bicyclic) bond motifs is 1. The molecule has 1 heteroatoms. The first-order valence-electron chi connectivity index (χ1n) is 4.66. The molecule has 1 nitrogen and oxygen atoms in total. The fourth-order valence-corrected chi connectivity index (χ4v) is 1.58. The topological polar surface area (TPSA) is 12.9 Å². The lowest BCUT2D eigenvalue weighted by Gasteiger charge is -2.02. The predicted molar refractivity (Wildman–Crippen MR) is 54.6 cm³/mol. The van der Waals surface area contributed by atoms with Crippen molar-refractivity contribution < 1.29 is 0 Å². The molecule has 0 fully saturated rings. The molecule has 0 unspecified atom stereocenters. The van der Waals surface area contributed by atoms with Gasteiger partial charge in [-0.05, 0) is 18.1 Å². The van der Waals surface area contributed by atoms with Crippen molar-refractivity contribution in [1.82, 2.24) is 4.98 Å². The number of hydrogen-bond donors (Lipinski definition) is 0. The van der Waals surface area contributed by atoms with Crippen molar-refractivity contribution in [2.75, 3.05) is 0 Å². The van der Waals surface area contributed by atoms with Gasteiger partial charge in [-0.1, -0.05) is 31.5 Å². The van der Waals surface area contributed by atoms with Crippen LogP contribution in [0.4, 0.5) is 0 Å². The van der Waals surface area contributed by atoms with E-state index in [0.29, 0.717) is 0 Å². The number of aryl methyl sites for hydroxylation is 1. The highest BCUT2D eigenvalue weighted by atomic mass is 14.6. The molecular weight excluding hydrogens is 158 g/mol. The van der Waals surface area contributed by atoms with Gasteiger partial charge in [0.15, 0.2) is 0 Å². The second kappa shape index (κ2) is 3.56. The number of aromatic nitrogens is 1. The van der Waals surface area contributed by atoms with Gasteiger partial charge in [-0.25, -0.2) is 0 Å². The van der Waals surface area contributed by atoms with Gasteiger partial charge in [0, 0.05) is 17.6 Å². The van der Waals surface area contributed by atoms with Crippen LogP contribution in [-0.4, -0.2) is 4.98 Å². The van der Waals surface area contributed by atoms with Crippen LogP contribution < -0.4 is 0 Å². The van der Waals surface area contributed by atoms with E-state index < -0.39 is 0 Å². The molecule has 0 N–H and O–H groups in total. The Kier molecular flexibility index (Phi) is 2.26. The summed E-state index contributed by atoms with van der Waals surface area (Å²) in [6.07, 6.45) is 4.11. The van der Waals surface area contributed by atoms with Crippen LogP contribution in [0.1, 0.15) is 18.9 Å². The van der Waals surface area contributed by atoms with Gasteiger partial charge in [0.1, 0.15) is 0 Å².